The molecular formula is C6H6Cl2N2O2. The Morgan fingerprint density at radius 2 is 2.25 bits per heavy atom. The van der Waals surface area contributed by atoms with Crippen molar-refractivity contribution >= 4 is 29.1 Å². The maximum absolute atomic E-state index is 10.9. The minimum Gasteiger partial charge on any atom is -0.329 e. The van der Waals surface area contributed by atoms with Crippen molar-refractivity contribution in [1.29, 1.82) is 0 Å². The van der Waals surface area contributed by atoms with Gasteiger partial charge in [0.2, 0.25) is 0 Å². The van der Waals surface area contributed by atoms with Gasteiger partial charge in [-0.05, 0) is 6.07 Å². The van der Waals surface area contributed by atoms with Crippen molar-refractivity contribution in [3.05, 3.63) is 21.9 Å². The molecule has 0 unspecified atom stereocenters. The Balaban J connectivity index is 3.17. The first-order valence-electron chi connectivity index (χ1n) is 3.03. The van der Waals surface area contributed by atoms with E-state index in [2.05, 4.69) is 0 Å². The number of carbonyl (C=O) groups excluding carboxylic acids is 1. The lowest BCUT2D eigenvalue weighted by Crippen LogP contribution is -2.21. The third-order valence-corrected chi connectivity index (χ3v) is 2.29. The maximum atomic E-state index is 10.9. The third-order valence-electron chi connectivity index (χ3n) is 1.45. The van der Waals surface area contributed by atoms with E-state index in [9.17, 15) is 4.79 Å². The summed E-state index contributed by atoms with van der Waals surface area (Å²) in [5.74, 6) is -0.647. The van der Waals surface area contributed by atoms with Gasteiger partial charge in [0.05, 0.1) is 5.02 Å². The number of nitrogens with one attached hydrogen (secondary N) is 1. The van der Waals surface area contributed by atoms with E-state index in [-0.39, 0.29) is 15.9 Å². The molecule has 0 aliphatic heterocycles. The topological polar surface area (TPSA) is 54.3 Å². The average Bonchev–Trinajstić information content (AvgIpc) is 2.32. The van der Waals surface area contributed by atoms with Crippen LogP contribution >= 0.6 is 23.2 Å². The molecule has 0 aliphatic rings. The van der Waals surface area contributed by atoms with Gasteiger partial charge in [-0.3, -0.25) is 10.0 Å². The number of aromatic nitrogens is 1. The molecule has 0 fully saturated rings. The highest BCUT2D eigenvalue weighted by Gasteiger charge is 2.14. The summed E-state index contributed by atoms with van der Waals surface area (Å²) in [5.41, 5.74) is 1.69. The van der Waals surface area contributed by atoms with Gasteiger partial charge in [-0.25, -0.2) is 5.48 Å². The molecule has 0 atom stereocenters. The molecule has 1 rings (SSSR count). The highest BCUT2D eigenvalue weighted by molar-refractivity contribution is 6.41. The molecule has 0 aromatic carbocycles. The maximum Gasteiger partial charge on any atom is 0.291 e. The van der Waals surface area contributed by atoms with Crippen LogP contribution in [0.2, 0.25) is 10.2 Å². The molecule has 6 heteroatoms. The second-order valence-electron chi connectivity index (χ2n) is 2.17. The second kappa shape index (κ2) is 3.35. The Kier molecular flexibility index (Phi) is 2.62. The van der Waals surface area contributed by atoms with Crippen molar-refractivity contribution in [3.8, 4) is 0 Å². The van der Waals surface area contributed by atoms with Crippen molar-refractivity contribution in [2.24, 2.45) is 7.05 Å². The van der Waals surface area contributed by atoms with Gasteiger partial charge < -0.3 is 4.57 Å². The first-order chi connectivity index (χ1) is 5.57. The van der Waals surface area contributed by atoms with Crippen LogP contribution in [0, 0.1) is 0 Å². The Morgan fingerprint density at radius 3 is 2.58 bits per heavy atom. The summed E-state index contributed by atoms with van der Waals surface area (Å²) in [5, 5.41) is 8.85. The van der Waals surface area contributed by atoms with Crippen LogP contribution in [0.3, 0.4) is 0 Å². The minimum atomic E-state index is -0.647. The second-order valence-corrected chi connectivity index (χ2v) is 2.93. The molecule has 0 saturated heterocycles. The molecule has 1 aromatic heterocycles. The molecule has 0 radical (unpaired) electrons. The van der Waals surface area contributed by atoms with E-state index in [1.807, 2.05) is 0 Å². The summed E-state index contributed by atoms with van der Waals surface area (Å²) >= 11 is 11.3. The van der Waals surface area contributed by atoms with Crippen molar-refractivity contribution in [1.82, 2.24) is 10.0 Å². The fourth-order valence-electron chi connectivity index (χ4n) is 0.818. The molecule has 0 saturated carbocycles. The van der Waals surface area contributed by atoms with Gasteiger partial charge in [0.15, 0.2) is 0 Å². The minimum absolute atomic E-state index is 0.201. The van der Waals surface area contributed by atoms with Crippen LogP contribution in [0.1, 0.15) is 10.5 Å². The quantitative estimate of drug-likeness (QED) is 0.543. The number of hydroxylamine groups is 1. The molecular weight excluding hydrogens is 203 g/mol. The zero-order chi connectivity index (χ0) is 9.30. The smallest absolute Gasteiger partial charge is 0.291 e. The van der Waals surface area contributed by atoms with Crippen molar-refractivity contribution in [3.63, 3.8) is 0 Å². The van der Waals surface area contributed by atoms with E-state index in [0.717, 1.165) is 0 Å². The van der Waals surface area contributed by atoms with Gasteiger partial charge in [0.25, 0.3) is 5.91 Å². The van der Waals surface area contributed by atoms with E-state index >= 15 is 0 Å². The van der Waals surface area contributed by atoms with Gasteiger partial charge in [-0.1, -0.05) is 23.2 Å². The monoisotopic (exact) mass is 208 g/mol. The van der Waals surface area contributed by atoms with Crippen molar-refractivity contribution < 1.29 is 10.0 Å². The van der Waals surface area contributed by atoms with E-state index in [1.165, 1.54) is 16.1 Å². The first-order valence-corrected chi connectivity index (χ1v) is 3.78. The number of halogens is 2. The van der Waals surface area contributed by atoms with Crippen LogP contribution in [0.4, 0.5) is 0 Å². The molecule has 4 nitrogen and oxygen atoms in total. The summed E-state index contributed by atoms with van der Waals surface area (Å²) in [4.78, 5) is 10.9. The lowest BCUT2D eigenvalue weighted by atomic mass is 10.4. The normalized spacial score (nSPS) is 10.0. The van der Waals surface area contributed by atoms with Crippen LogP contribution < -0.4 is 5.48 Å². The lowest BCUT2D eigenvalue weighted by Gasteiger charge is -2.00. The van der Waals surface area contributed by atoms with Crippen LogP contribution in [0.25, 0.3) is 0 Å². The fraction of sp³-hybridized carbons (Fsp3) is 0.167. The van der Waals surface area contributed by atoms with Crippen LogP contribution in [-0.2, 0) is 7.05 Å². The molecule has 0 bridgehead atoms. The Hall–Kier alpha value is -0.710. The molecule has 2 N–H and O–H groups in total. The summed E-state index contributed by atoms with van der Waals surface area (Å²) in [6.07, 6.45) is 0. The molecule has 0 spiro atoms. The van der Waals surface area contributed by atoms with Crippen molar-refractivity contribution in [2.45, 2.75) is 0 Å². The van der Waals surface area contributed by atoms with Gasteiger partial charge in [-0.2, -0.15) is 0 Å². The number of amides is 1. The molecule has 12 heavy (non-hydrogen) atoms. The van der Waals surface area contributed by atoms with Gasteiger partial charge >= 0.3 is 0 Å². The average molecular weight is 209 g/mol. The first kappa shape index (κ1) is 9.38. The Labute approximate surface area is 78.6 Å². The zero-order valence-corrected chi connectivity index (χ0v) is 7.65. The van der Waals surface area contributed by atoms with Gasteiger partial charge in [-0.15, -0.1) is 0 Å². The molecule has 66 valence electrons. The van der Waals surface area contributed by atoms with Gasteiger partial charge in [0, 0.05) is 7.05 Å². The highest BCUT2D eigenvalue weighted by Crippen LogP contribution is 2.24. The summed E-state index contributed by atoms with van der Waals surface area (Å²) in [7, 11) is 1.57. The van der Waals surface area contributed by atoms with Crippen LogP contribution in [-0.4, -0.2) is 15.7 Å². The predicted molar refractivity (Wildman–Crippen MR) is 44.7 cm³/mol. The summed E-state index contributed by atoms with van der Waals surface area (Å²) < 4.78 is 1.37. The van der Waals surface area contributed by atoms with Crippen LogP contribution in [0.15, 0.2) is 6.07 Å². The predicted octanol–water partition coefficient (Wildman–Crippen LogP) is 1.45. The summed E-state index contributed by atoms with van der Waals surface area (Å²) in [6, 6.07) is 1.37. The van der Waals surface area contributed by atoms with E-state index in [4.69, 9.17) is 28.4 Å². The van der Waals surface area contributed by atoms with E-state index < -0.39 is 5.91 Å². The van der Waals surface area contributed by atoms with Crippen molar-refractivity contribution in [2.75, 3.05) is 0 Å². The molecule has 1 heterocycles. The fourth-order valence-corrected chi connectivity index (χ4v) is 1.19. The highest BCUT2D eigenvalue weighted by atomic mass is 35.5. The van der Waals surface area contributed by atoms with E-state index in [1.54, 1.807) is 7.05 Å². The standard InChI is InChI=1S/C6H6Cl2N2O2/c1-10-4(6(11)9-12)2-3(7)5(10)8/h2,12H,1H3,(H,9,11). The van der Waals surface area contributed by atoms with Crippen LogP contribution in [0.5, 0.6) is 0 Å². The van der Waals surface area contributed by atoms with Gasteiger partial charge in [0.1, 0.15) is 10.8 Å². The number of rotatable bonds is 1. The number of carbonyl (C=O) groups is 1. The molecule has 1 amide bonds. The SMILES string of the molecule is Cn1c(C(=O)NO)cc(Cl)c1Cl. The summed E-state index contributed by atoms with van der Waals surface area (Å²) in [6.45, 7) is 0. The Morgan fingerprint density at radius 1 is 1.67 bits per heavy atom. The lowest BCUT2D eigenvalue weighted by molar-refractivity contribution is 0.0697. The Bertz CT molecular complexity index is 322. The number of nitrogens with zero attached hydrogens (tertiary/aromatic N) is 1. The molecule has 1 aromatic rings. The number of hydrogen-bond acceptors (Lipinski definition) is 2. The molecule has 0 aliphatic carbocycles. The third kappa shape index (κ3) is 1.41. The van der Waals surface area contributed by atoms with E-state index in [0.29, 0.717) is 0 Å². The largest absolute Gasteiger partial charge is 0.329 e. The number of hydrogen-bond donors (Lipinski definition) is 2. The zero-order valence-electron chi connectivity index (χ0n) is 6.14.